The van der Waals surface area contributed by atoms with Crippen LogP contribution in [0.3, 0.4) is 0 Å². The van der Waals surface area contributed by atoms with Crippen molar-refractivity contribution >= 4 is 28.5 Å². The van der Waals surface area contributed by atoms with Gasteiger partial charge in [0.25, 0.3) is 5.91 Å². The molecule has 0 aliphatic rings. The highest BCUT2D eigenvalue weighted by atomic mass is 35.5. The van der Waals surface area contributed by atoms with Gasteiger partial charge in [0.05, 0.1) is 39.1 Å². The van der Waals surface area contributed by atoms with Crippen LogP contribution in [0.5, 0.6) is 0 Å². The van der Waals surface area contributed by atoms with Crippen LogP contribution < -0.4 is 5.32 Å². The minimum Gasteiger partial charge on any atom is -0.352 e. The van der Waals surface area contributed by atoms with Gasteiger partial charge in [-0.05, 0) is 67.1 Å². The molecule has 0 bridgehead atoms. The van der Waals surface area contributed by atoms with Crippen molar-refractivity contribution in [1.82, 2.24) is 25.3 Å². The maximum Gasteiger partial charge on any atom is 0.251 e. The van der Waals surface area contributed by atoms with Crippen molar-refractivity contribution in [2.45, 2.75) is 12.8 Å². The lowest BCUT2D eigenvalue weighted by Crippen LogP contribution is -2.24. The van der Waals surface area contributed by atoms with Gasteiger partial charge in [0.2, 0.25) is 0 Å². The number of aromatic amines is 1. The number of carbonyl (C=O) groups is 1. The fraction of sp³-hybridized carbons (Fsp3) is 0.107. The van der Waals surface area contributed by atoms with Crippen LogP contribution >= 0.6 is 11.6 Å². The van der Waals surface area contributed by atoms with Gasteiger partial charge in [-0.15, -0.1) is 0 Å². The number of rotatable bonds is 7. The highest BCUT2D eigenvalue weighted by Gasteiger charge is 2.18. The van der Waals surface area contributed by atoms with E-state index >= 15 is 0 Å². The van der Waals surface area contributed by atoms with Gasteiger partial charge in [-0.3, -0.25) is 4.79 Å². The van der Waals surface area contributed by atoms with Gasteiger partial charge in [-0.2, -0.15) is 5.26 Å². The SMILES string of the molecule is N#Cc1ccc(Cl)c(-c2nc3cc(C(=O)NCCCc4ncc[nH]4)ccc3nc2-c2ccc(F)cc2)c1. The molecule has 9 heteroatoms. The number of imidazole rings is 1. The molecule has 0 saturated heterocycles. The molecule has 0 spiro atoms. The second-order valence-corrected chi connectivity index (χ2v) is 8.74. The number of aromatic nitrogens is 4. The number of amides is 1. The zero-order valence-corrected chi connectivity index (χ0v) is 20.3. The monoisotopic (exact) mass is 510 g/mol. The molecule has 37 heavy (non-hydrogen) atoms. The number of hydrogen-bond acceptors (Lipinski definition) is 5. The van der Waals surface area contributed by atoms with Crippen LogP contribution in [0.15, 0.2) is 73.1 Å². The smallest absolute Gasteiger partial charge is 0.251 e. The van der Waals surface area contributed by atoms with E-state index in [9.17, 15) is 14.4 Å². The molecule has 2 heterocycles. The average Bonchev–Trinajstić information content (AvgIpc) is 3.44. The second kappa shape index (κ2) is 10.6. The summed E-state index contributed by atoms with van der Waals surface area (Å²) >= 11 is 6.51. The molecule has 3 aromatic carbocycles. The minimum absolute atomic E-state index is 0.225. The summed E-state index contributed by atoms with van der Waals surface area (Å²) in [5, 5.41) is 12.7. The highest BCUT2D eigenvalue weighted by molar-refractivity contribution is 6.33. The van der Waals surface area contributed by atoms with E-state index in [0.717, 1.165) is 18.7 Å². The van der Waals surface area contributed by atoms with Gasteiger partial charge in [0.15, 0.2) is 0 Å². The molecule has 7 nitrogen and oxygen atoms in total. The molecule has 2 aromatic heterocycles. The van der Waals surface area contributed by atoms with Crippen molar-refractivity contribution in [2.24, 2.45) is 0 Å². The predicted octanol–water partition coefficient (Wildman–Crippen LogP) is 5.71. The van der Waals surface area contributed by atoms with E-state index in [0.29, 0.717) is 56.2 Å². The van der Waals surface area contributed by atoms with Crippen molar-refractivity contribution in [3.05, 3.63) is 101 Å². The summed E-state index contributed by atoms with van der Waals surface area (Å²) in [5.74, 6) is 0.277. The second-order valence-electron chi connectivity index (χ2n) is 8.33. The summed E-state index contributed by atoms with van der Waals surface area (Å²) in [5.41, 5.74) is 3.97. The van der Waals surface area contributed by atoms with Crippen LogP contribution in [0.25, 0.3) is 33.5 Å². The number of fused-ring (bicyclic) bond motifs is 1. The maximum atomic E-state index is 13.6. The first-order valence-electron chi connectivity index (χ1n) is 11.6. The molecule has 0 aliphatic carbocycles. The fourth-order valence-electron chi connectivity index (χ4n) is 3.96. The van der Waals surface area contributed by atoms with Crippen molar-refractivity contribution in [2.75, 3.05) is 6.54 Å². The normalized spacial score (nSPS) is 10.8. The Morgan fingerprint density at radius 1 is 1.03 bits per heavy atom. The molecule has 182 valence electrons. The first-order valence-corrected chi connectivity index (χ1v) is 11.9. The molecule has 0 atom stereocenters. The molecular weight excluding hydrogens is 491 g/mol. The third-order valence-electron chi connectivity index (χ3n) is 5.83. The van der Waals surface area contributed by atoms with E-state index in [1.807, 2.05) is 0 Å². The van der Waals surface area contributed by atoms with Gasteiger partial charge < -0.3 is 10.3 Å². The Morgan fingerprint density at radius 2 is 1.84 bits per heavy atom. The zero-order chi connectivity index (χ0) is 25.8. The van der Waals surface area contributed by atoms with Crippen molar-refractivity contribution in [3.63, 3.8) is 0 Å². The predicted molar refractivity (Wildman–Crippen MR) is 139 cm³/mol. The van der Waals surface area contributed by atoms with Gasteiger partial charge >= 0.3 is 0 Å². The van der Waals surface area contributed by atoms with E-state index in [1.165, 1.54) is 12.1 Å². The van der Waals surface area contributed by atoms with Crippen molar-refractivity contribution in [3.8, 4) is 28.6 Å². The van der Waals surface area contributed by atoms with Crippen LogP contribution in [-0.4, -0.2) is 32.4 Å². The molecule has 0 fully saturated rings. The molecule has 0 aliphatic heterocycles. The standard InChI is InChI=1S/C28H20ClFN6O/c29-22-9-3-17(16-31)14-21(22)27-26(18-4-7-20(30)8-5-18)35-23-10-6-19(15-24(23)36-27)28(37)34-11-1-2-25-32-12-13-33-25/h3-10,12-15H,1-2,11H2,(H,32,33)(H,34,37). The molecule has 1 amide bonds. The fourth-order valence-corrected chi connectivity index (χ4v) is 4.17. The Labute approximate surface area is 217 Å². The Balaban J connectivity index is 1.51. The largest absolute Gasteiger partial charge is 0.352 e. The summed E-state index contributed by atoms with van der Waals surface area (Å²) < 4.78 is 13.6. The molecule has 0 radical (unpaired) electrons. The van der Waals surface area contributed by atoms with Crippen molar-refractivity contribution in [1.29, 1.82) is 5.26 Å². The van der Waals surface area contributed by atoms with Crippen LogP contribution in [0.1, 0.15) is 28.2 Å². The van der Waals surface area contributed by atoms with E-state index < -0.39 is 0 Å². The van der Waals surface area contributed by atoms with Gasteiger partial charge in [-0.25, -0.2) is 19.3 Å². The van der Waals surface area contributed by atoms with E-state index in [2.05, 4.69) is 21.4 Å². The first-order chi connectivity index (χ1) is 18.0. The lowest BCUT2D eigenvalue weighted by molar-refractivity contribution is 0.0953. The summed E-state index contributed by atoms with van der Waals surface area (Å²) in [6.45, 7) is 0.495. The maximum absolute atomic E-state index is 13.6. The summed E-state index contributed by atoms with van der Waals surface area (Å²) in [6, 6.07) is 18.0. The zero-order valence-electron chi connectivity index (χ0n) is 19.5. The lowest BCUT2D eigenvalue weighted by Gasteiger charge is -2.13. The van der Waals surface area contributed by atoms with E-state index in [4.69, 9.17) is 21.6 Å². The quantitative estimate of drug-likeness (QED) is 0.272. The number of aryl methyl sites for hydroxylation is 1. The van der Waals surface area contributed by atoms with Gasteiger partial charge in [0.1, 0.15) is 11.6 Å². The Kier molecular flexibility index (Phi) is 6.88. The van der Waals surface area contributed by atoms with Crippen LogP contribution in [0, 0.1) is 17.1 Å². The van der Waals surface area contributed by atoms with Crippen LogP contribution in [0.2, 0.25) is 5.02 Å². The number of hydrogen-bond donors (Lipinski definition) is 2. The molecule has 5 rings (SSSR count). The van der Waals surface area contributed by atoms with E-state index in [1.54, 1.807) is 60.9 Å². The number of halogens is 2. The number of nitriles is 1. The molecule has 2 N–H and O–H groups in total. The molecule has 5 aromatic rings. The number of H-pyrrole nitrogens is 1. The summed E-state index contributed by atoms with van der Waals surface area (Å²) in [4.78, 5) is 29.6. The Bertz CT molecular complexity index is 1630. The average molecular weight is 511 g/mol. The number of carbonyl (C=O) groups excluding carboxylic acids is 1. The topological polar surface area (TPSA) is 107 Å². The summed E-state index contributed by atoms with van der Waals surface area (Å²) in [6.07, 6.45) is 4.94. The number of benzene rings is 3. The lowest BCUT2D eigenvalue weighted by atomic mass is 10.0. The van der Waals surface area contributed by atoms with Crippen LogP contribution in [0.4, 0.5) is 4.39 Å². The van der Waals surface area contributed by atoms with Crippen LogP contribution in [-0.2, 0) is 6.42 Å². The Hall–Kier alpha value is -4.61. The van der Waals surface area contributed by atoms with E-state index in [-0.39, 0.29) is 11.7 Å². The Morgan fingerprint density at radius 3 is 2.59 bits per heavy atom. The van der Waals surface area contributed by atoms with Gasteiger partial charge in [-0.1, -0.05) is 11.6 Å². The third kappa shape index (κ3) is 5.32. The number of nitrogens with one attached hydrogen (secondary N) is 2. The first kappa shape index (κ1) is 24.1. The molecule has 0 unspecified atom stereocenters. The van der Waals surface area contributed by atoms with Gasteiger partial charge in [0, 0.05) is 42.0 Å². The highest BCUT2D eigenvalue weighted by Crippen LogP contribution is 2.35. The third-order valence-corrected chi connectivity index (χ3v) is 6.16. The number of nitrogens with zero attached hydrogens (tertiary/aromatic N) is 4. The summed E-state index contributed by atoms with van der Waals surface area (Å²) in [7, 11) is 0. The minimum atomic E-state index is -0.372. The molecule has 0 saturated carbocycles. The molecular formula is C28H20ClFN6O. The van der Waals surface area contributed by atoms with Crippen molar-refractivity contribution < 1.29 is 9.18 Å².